The Morgan fingerprint density at radius 2 is 1.71 bits per heavy atom. The van der Waals surface area contributed by atoms with Crippen LogP contribution in [0.1, 0.15) is 25.7 Å². The number of piperidine rings is 1. The van der Waals surface area contributed by atoms with E-state index < -0.39 is 11.8 Å². The fourth-order valence-electron chi connectivity index (χ4n) is 4.32. The summed E-state index contributed by atoms with van der Waals surface area (Å²) < 4.78 is 5.53. The fourth-order valence-corrected chi connectivity index (χ4v) is 4.32. The monoisotopic (exact) mass is 478 g/mol. The van der Waals surface area contributed by atoms with Crippen molar-refractivity contribution in [1.82, 2.24) is 10.2 Å². The van der Waals surface area contributed by atoms with Gasteiger partial charge in [-0.2, -0.15) is 0 Å². The summed E-state index contributed by atoms with van der Waals surface area (Å²) in [6.07, 6.45) is 2.82. The van der Waals surface area contributed by atoms with Gasteiger partial charge in [-0.1, -0.05) is 24.3 Å². The van der Waals surface area contributed by atoms with E-state index in [9.17, 15) is 19.2 Å². The van der Waals surface area contributed by atoms with E-state index in [0.717, 1.165) is 19.3 Å². The maximum atomic E-state index is 12.4. The lowest BCUT2D eigenvalue weighted by Crippen LogP contribution is -2.44. The van der Waals surface area contributed by atoms with Gasteiger partial charge in [0.05, 0.1) is 0 Å². The van der Waals surface area contributed by atoms with Crippen molar-refractivity contribution in [3.8, 4) is 5.75 Å². The molecule has 2 aromatic carbocycles. The molecular formula is C26H30N4O5. The molecule has 184 valence electrons. The van der Waals surface area contributed by atoms with E-state index in [-0.39, 0.29) is 24.3 Å². The molecule has 0 unspecified atom stereocenters. The van der Waals surface area contributed by atoms with Crippen LogP contribution in [-0.4, -0.2) is 61.3 Å². The number of carbonyl (C=O) groups is 4. The van der Waals surface area contributed by atoms with Gasteiger partial charge < -0.3 is 25.2 Å². The highest BCUT2D eigenvalue weighted by Crippen LogP contribution is 2.24. The van der Waals surface area contributed by atoms with Crippen molar-refractivity contribution >= 4 is 35.0 Å². The van der Waals surface area contributed by atoms with E-state index in [1.807, 2.05) is 36.4 Å². The first-order valence-electron chi connectivity index (χ1n) is 11.9. The van der Waals surface area contributed by atoms with Gasteiger partial charge in [0.15, 0.2) is 6.61 Å². The molecule has 0 saturated carbocycles. The molecule has 2 N–H and O–H groups in total. The summed E-state index contributed by atoms with van der Waals surface area (Å²) in [6.45, 7) is 2.20. The highest BCUT2D eigenvalue weighted by atomic mass is 16.5. The standard InChI is InChI=1S/C26H30N4O5/c31-23-10-5-13-30(23)21-7-4-6-20(16-21)28-26(34)25(33)27-17-19-11-14-29(15-12-19)24(32)18-35-22-8-2-1-3-9-22/h1-4,6-9,16,19H,5,10-15,17-18H2,(H,27,33)(H,28,34). The molecule has 2 fully saturated rings. The summed E-state index contributed by atoms with van der Waals surface area (Å²) in [5.74, 6) is -0.609. The predicted molar refractivity (Wildman–Crippen MR) is 131 cm³/mol. The lowest BCUT2D eigenvalue weighted by Gasteiger charge is -2.32. The van der Waals surface area contributed by atoms with Gasteiger partial charge in [-0.3, -0.25) is 19.2 Å². The number of amides is 4. The number of para-hydroxylation sites is 1. The third-order valence-electron chi connectivity index (χ3n) is 6.32. The van der Waals surface area contributed by atoms with Crippen molar-refractivity contribution in [1.29, 1.82) is 0 Å². The molecule has 4 amide bonds. The molecule has 2 aliphatic rings. The molecule has 2 aliphatic heterocycles. The average molecular weight is 479 g/mol. The smallest absolute Gasteiger partial charge is 0.313 e. The van der Waals surface area contributed by atoms with Crippen molar-refractivity contribution < 1.29 is 23.9 Å². The van der Waals surface area contributed by atoms with E-state index in [2.05, 4.69) is 10.6 Å². The van der Waals surface area contributed by atoms with Crippen molar-refractivity contribution in [2.45, 2.75) is 25.7 Å². The first-order valence-corrected chi connectivity index (χ1v) is 11.9. The fraction of sp³-hybridized carbons (Fsp3) is 0.385. The Labute approximate surface area is 204 Å². The molecule has 0 radical (unpaired) electrons. The number of benzene rings is 2. The zero-order valence-corrected chi connectivity index (χ0v) is 19.6. The third-order valence-corrected chi connectivity index (χ3v) is 6.32. The van der Waals surface area contributed by atoms with Crippen molar-refractivity contribution in [2.75, 3.05) is 43.0 Å². The molecule has 0 bridgehead atoms. The summed E-state index contributed by atoms with van der Waals surface area (Å²) in [7, 11) is 0. The molecule has 2 aromatic rings. The number of nitrogens with one attached hydrogen (secondary N) is 2. The summed E-state index contributed by atoms with van der Waals surface area (Å²) in [6, 6.07) is 16.1. The Morgan fingerprint density at radius 1 is 0.943 bits per heavy atom. The Hall–Kier alpha value is -3.88. The van der Waals surface area contributed by atoms with E-state index in [1.54, 1.807) is 28.0 Å². The quantitative estimate of drug-likeness (QED) is 0.593. The highest BCUT2D eigenvalue weighted by molar-refractivity contribution is 6.39. The topological polar surface area (TPSA) is 108 Å². The second-order valence-electron chi connectivity index (χ2n) is 8.79. The van der Waals surface area contributed by atoms with Crippen LogP contribution < -0.4 is 20.3 Å². The van der Waals surface area contributed by atoms with Crippen LogP contribution >= 0.6 is 0 Å². The molecule has 0 aromatic heterocycles. The number of carbonyl (C=O) groups excluding carboxylic acids is 4. The number of nitrogens with zero attached hydrogens (tertiary/aromatic N) is 2. The van der Waals surface area contributed by atoms with E-state index in [4.69, 9.17) is 4.74 Å². The van der Waals surface area contributed by atoms with Crippen LogP contribution in [0.5, 0.6) is 5.75 Å². The molecular weight excluding hydrogens is 448 g/mol. The average Bonchev–Trinajstić information content (AvgIpc) is 3.32. The minimum absolute atomic E-state index is 0.00128. The number of ether oxygens (including phenoxy) is 1. The third kappa shape index (κ3) is 6.59. The van der Waals surface area contributed by atoms with Crippen LogP contribution in [0.3, 0.4) is 0 Å². The van der Waals surface area contributed by atoms with Crippen molar-refractivity contribution in [3.05, 3.63) is 54.6 Å². The first-order chi connectivity index (χ1) is 17.0. The zero-order valence-electron chi connectivity index (χ0n) is 19.6. The molecule has 0 spiro atoms. The SMILES string of the molecule is O=C(NCC1CCN(C(=O)COc2ccccc2)CC1)C(=O)Nc1cccc(N2CCCC2=O)c1. The zero-order chi connectivity index (χ0) is 24.6. The highest BCUT2D eigenvalue weighted by Gasteiger charge is 2.25. The maximum absolute atomic E-state index is 12.4. The van der Waals surface area contributed by atoms with Crippen LogP contribution in [-0.2, 0) is 19.2 Å². The summed E-state index contributed by atoms with van der Waals surface area (Å²) in [5, 5.41) is 5.30. The largest absolute Gasteiger partial charge is 0.484 e. The second-order valence-corrected chi connectivity index (χ2v) is 8.79. The van der Waals surface area contributed by atoms with Crippen LogP contribution in [0.2, 0.25) is 0 Å². The molecule has 2 heterocycles. The van der Waals surface area contributed by atoms with Gasteiger partial charge >= 0.3 is 11.8 Å². The van der Waals surface area contributed by atoms with Gasteiger partial charge in [-0.25, -0.2) is 0 Å². The molecule has 9 nitrogen and oxygen atoms in total. The van der Waals surface area contributed by atoms with Gasteiger partial charge in [0.1, 0.15) is 5.75 Å². The summed E-state index contributed by atoms with van der Waals surface area (Å²) in [4.78, 5) is 52.4. The first kappa shape index (κ1) is 24.3. The van der Waals surface area contributed by atoms with Crippen LogP contribution in [0, 0.1) is 5.92 Å². The molecule has 9 heteroatoms. The Balaban J connectivity index is 1.17. The number of likely N-dealkylation sites (tertiary alicyclic amines) is 1. The van der Waals surface area contributed by atoms with E-state index >= 15 is 0 Å². The van der Waals surface area contributed by atoms with Gasteiger partial charge in [0.2, 0.25) is 5.91 Å². The van der Waals surface area contributed by atoms with Gasteiger partial charge in [0.25, 0.3) is 5.91 Å². The molecule has 0 atom stereocenters. The predicted octanol–water partition coefficient (Wildman–Crippen LogP) is 2.19. The molecule has 2 saturated heterocycles. The molecule has 35 heavy (non-hydrogen) atoms. The maximum Gasteiger partial charge on any atom is 0.313 e. The van der Waals surface area contributed by atoms with Gasteiger partial charge in [-0.15, -0.1) is 0 Å². The summed E-state index contributed by atoms with van der Waals surface area (Å²) in [5.41, 5.74) is 1.17. The molecule has 4 rings (SSSR count). The second kappa shape index (κ2) is 11.5. The molecule has 0 aliphatic carbocycles. The van der Waals surface area contributed by atoms with E-state index in [1.165, 1.54) is 0 Å². The lowest BCUT2D eigenvalue weighted by molar-refractivity contribution is -0.136. The minimum atomic E-state index is -0.749. The Kier molecular flexibility index (Phi) is 7.97. The normalized spacial score (nSPS) is 16.2. The number of hydrogen-bond donors (Lipinski definition) is 2. The van der Waals surface area contributed by atoms with Crippen LogP contribution in [0.4, 0.5) is 11.4 Å². The van der Waals surface area contributed by atoms with Crippen LogP contribution in [0.25, 0.3) is 0 Å². The van der Waals surface area contributed by atoms with Crippen LogP contribution in [0.15, 0.2) is 54.6 Å². The number of rotatable bonds is 7. The Morgan fingerprint density at radius 3 is 2.43 bits per heavy atom. The minimum Gasteiger partial charge on any atom is -0.484 e. The lowest BCUT2D eigenvalue weighted by atomic mass is 9.96. The van der Waals surface area contributed by atoms with Crippen molar-refractivity contribution in [2.24, 2.45) is 5.92 Å². The van der Waals surface area contributed by atoms with Gasteiger partial charge in [-0.05, 0) is 55.5 Å². The van der Waals surface area contributed by atoms with Crippen molar-refractivity contribution in [3.63, 3.8) is 0 Å². The van der Waals surface area contributed by atoms with E-state index in [0.29, 0.717) is 49.7 Å². The number of anilines is 2. The summed E-state index contributed by atoms with van der Waals surface area (Å²) >= 11 is 0. The number of hydrogen-bond acceptors (Lipinski definition) is 5. The Bertz CT molecular complexity index is 1070. The van der Waals surface area contributed by atoms with Gasteiger partial charge in [0, 0.05) is 44.0 Å².